The zero-order valence-corrected chi connectivity index (χ0v) is 13.7. The van der Waals surface area contributed by atoms with Crippen LogP contribution in [0.5, 0.6) is 5.75 Å². The molecule has 1 aromatic carbocycles. The number of amides is 1. The Kier molecular flexibility index (Phi) is 4.65. The standard InChI is InChI=1S/C18H23N3O2/c1-20(9-7-14-12-19-21(2)13-14)18(22)16-8-10-23-17-6-4-3-5-15(17)11-16/h3-6,12-13,16H,7-11H2,1-2H3/t16-/m1/s1. The minimum atomic E-state index is -0.00227. The Bertz CT molecular complexity index is 680. The fourth-order valence-corrected chi connectivity index (χ4v) is 3.02. The first kappa shape index (κ1) is 15.6. The number of hydrogen-bond acceptors (Lipinski definition) is 3. The Hall–Kier alpha value is -2.30. The van der Waals surface area contributed by atoms with Crippen LogP contribution in [0.3, 0.4) is 0 Å². The van der Waals surface area contributed by atoms with Crippen LogP contribution in [0.1, 0.15) is 17.5 Å². The molecule has 0 unspecified atom stereocenters. The fraction of sp³-hybridized carbons (Fsp3) is 0.444. The molecule has 1 amide bonds. The molecule has 5 heteroatoms. The highest BCUT2D eigenvalue weighted by atomic mass is 16.5. The zero-order chi connectivity index (χ0) is 16.2. The van der Waals surface area contributed by atoms with E-state index in [4.69, 9.17) is 4.74 Å². The lowest BCUT2D eigenvalue weighted by Gasteiger charge is -2.22. The molecule has 0 saturated carbocycles. The van der Waals surface area contributed by atoms with Gasteiger partial charge >= 0.3 is 0 Å². The number of rotatable bonds is 4. The SMILES string of the molecule is CN(CCc1cnn(C)c1)C(=O)[C@@H]1CCOc2ccccc2C1. The molecular weight excluding hydrogens is 290 g/mol. The summed E-state index contributed by atoms with van der Waals surface area (Å²) in [6.07, 6.45) is 6.20. The number of carbonyl (C=O) groups is 1. The van der Waals surface area contributed by atoms with Gasteiger partial charge in [0.2, 0.25) is 5.91 Å². The maximum atomic E-state index is 12.7. The van der Waals surface area contributed by atoms with Crippen LogP contribution in [0.2, 0.25) is 0 Å². The third kappa shape index (κ3) is 3.73. The molecule has 1 aliphatic rings. The number of benzene rings is 1. The summed E-state index contributed by atoms with van der Waals surface area (Å²) in [7, 11) is 3.79. The van der Waals surface area contributed by atoms with Gasteiger partial charge < -0.3 is 9.64 Å². The van der Waals surface area contributed by atoms with Crippen LogP contribution in [0, 0.1) is 5.92 Å². The fourth-order valence-electron chi connectivity index (χ4n) is 3.02. The quantitative estimate of drug-likeness (QED) is 0.868. The van der Waals surface area contributed by atoms with E-state index in [9.17, 15) is 4.79 Å². The lowest BCUT2D eigenvalue weighted by molar-refractivity contribution is -0.134. The highest BCUT2D eigenvalue weighted by molar-refractivity contribution is 5.79. The predicted molar refractivity (Wildman–Crippen MR) is 88.3 cm³/mol. The maximum Gasteiger partial charge on any atom is 0.225 e. The van der Waals surface area contributed by atoms with Gasteiger partial charge in [-0.2, -0.15) is 5.10 Å². The topological polar surface area (TPSA) is 47.4 Å². The van der Waals surface area contributed by atoms with E-state index in [1.807, 2.05) is 49.6 Å². The second kappa shape index (κ2) is 6.86. The first-order valence-electron chi connectivity index (χ1n) is 8.06. The summed E-state index contributed by atoms with van der Waals surface area (Å²) < 4.78 is 7.55. The van der Waals surface area contributed by atoms with Gasteiger partial charge in [0, 0.05) is 32.8 Å². The van der Waals surface area contributed by atoms with Gasteiger partial charge in [-0.3, -0.25) is 9.48 Å². The Balaban J connectivity index is 1.60. The van der Waals surface area contributed by atoms with E-state index in [1.54, 1.807) is 4.68 Å². The van der Waals surface area contributed by atoms with E-state index in [1.165, 1.54) is 0 Å². The lowest BCUT2D eigenvalue weighted by Crippen LogP contribution is -2.35. The van der Waals surface area contributed by atoms with Crippen LogP contribution in [-0.4, -0.2) is 40.8 Å². The van der Waals surface area contributed by atoms with Crippen molar-refractivity contribution in [1.82, 2.24) is 14.7 Å². The van der Waals surface area contributed by atoms with E-state index >= 15 is 0 Å². The van der Waals surface area contributed by atoms with Crippen molar-refractivity contribution in [1.29, 1.82) is 0 Å². The number of fused-ring (bicyclic) bond motifs is 1. The number of carbonyl (C=O) groups excluding carboxylic acids is 1. The van der Waals surface area contributed by atoms with E-state index in [0.29, 0.717) is 13.2 Å². The molecule has 3 rings (SSSR count). The second-order valence-electron chi connectivity index (χ2n) is 6.18. The van der Waals surface area contributed by atoms with E-state index in [0.717, 1.165) is 36.1 Å². The number of aryl methyl sites for hydroxylation is 1. The van der Waals surface area contributed by atoms with Crippen LogP contribution in [0.15, 0.2) is 36.7 Å². The molecule has 0 radical (unpaired) electrons. The molecule has 1 aliphatic heterocycles. The predicted octanol–water partition coefficient (Wildman–Crippen LogP) is 2.06. The lowest BCUT2D eigenvalue weighted by atomic mass is 9.95. The Morgan fingerprint density at radius 3 is 3.04 bits per heavy atom. The van der Waals surface area contributed by atoms with E-state index in [2.05, 4.69) is 11.2 Å². The third-order valence-electron chi connectivity index (χ3n) is 4.38. The summed E-state index contributed by atoms with van der Waals surface area (Å²) in [5.74, 6) is 1.12. The smallest absolute Gasteiger partial charge is 0.225 e. The number of likely N-dealkylation sites (N-methyl/N-ethyl adjacent to an activating group) is 1. The van der Waals surface area contributed by atoms with Gasteiger partial charge in [-0.15, -0.1) is 0 Å². The van der Waals surface area contributed by atoms with Crippen molar-refractivity contribution in [2.24, 2.45) is 13.0 Å². The van der Waals surface area contributed by atoms with Crippen LogP contribution < -0.4 is 4.74 Å². The first-order valence-corrected chi connectivity index (χ1v) is 8.06. The van der Waals surface area contributed by atoms with Crippen molar-refractivity contribution in [3.05, 3.63) is 47.8 Å². The molecule has 2 heterocycles. The van der Waals surface area contributed by atoms with Crippen molar-refractivity contribution in [3.8, 4) is 5.75 Å². The van der Waals surface area contributed by atoms with Crippen LogP contribution >= 0.6 is 0 Å². The van der Waals surface area contributed by atoms with E-state index in [-0.39, 0.29) is 11.8 Å². The monoisotopic (exact) mass is 313 g/mol. The number of ether oxygens (including phenoxy) is 1. The van der Waals surface area contributed by atoms with Crippen molar-refractivity contribution in [2.75, 3.05) is 20.2 Å². The zero-order valence-electron chi connectivity index (χ0n) is 13.7. The summed E-state index contributed by atoms with van der Waals surface area (Å²) >= 11 is 0. The van der Waals surface area contributed by atoms with Gasteiger partial charge in [-0.25, -0.2) is 0 Å². The van der Waals surface area contributed by atoms with Gasteiger partial charge in [0.05, 0.1) is 12.8 Å². The molecule has 23 heavy (non-hydrogen) atoms. The van der Waals surface area contributed by atoms with Gasteiger partial charge in [-0.05, 0) is 36.5 Å². The Labute approximate surface area is 136 Å². The summed E-state index contributed by atoms with van der Waals surface area (Å²) in [6.45, 7) is 1.31. The Morgan fingerprint density at radius 1 is 1.43 bits per heavy atom. The number of hydrogen-bond donors (Lipinski definition) is 0. The molecule has 1 atom stereocenters. The summed E-state index contributed by atoms with van der Waals surface area (Å²) in [6, 6.07) is 8.01. The molecule has 0 bridgehead atoms. The normalized spacial score (nSPS) is 17.0. The summed E-state index contributed by atoms with van der Waals surface area (Å²) in [5, 5.41) is 4.16. The maximum absolute atomic E-state index is 12.7. The largest absolute Gasteiger partial charge is 0.493 e. The van der Waals surface area contributed by atoms with Crippen LogP contribution in [-0.2, 0) is 24.7 Å². The highest BCUT2D eigenvalue weighted by Crippen LogP contribution is 2.27. The van der Waals surface area contributed by atoms with Crippen LogP contribution in [0.4, 0.5) is 0 Å². The van der Waals surface area contributed by atoms with Crippen molar-refractivity contribution in [2.45, 2.75) is 19.3 Å². The number of aromatic nitrogens is 2. The molecular formula is C18H23N3O2. The number of nitrogens with zero attached hydrogens (tertiary/aromatic N) is 3. The molecule has 1 aromatic heterocycles. The average Bonchev–Trinajstić information content (AvgIpc) is 2.85. The molecule has 122 valence electrons. The molecule has 0 aliphatic carbocycles. The van der Waals surface area contributed by atoms with Gasteiger partial charge in [0.25, 0.3) is 0 Å². The van der Waals surface area contributed by atoms with Gasteiger partial charge in [0.1, 0.15) is 5.75 Å². The minimum absolute atomic E-state index is 0.00227. The molecule has 5 nitrogen and oxygen atoms in total. The third-order valence-corrected chi connectivity index (χ3v) is 4.38. The number of para-hydroxylation sites is 1. The van der Waals surface area contributed by atoms with Gasteiger partial charge in [0.15, 0.2) is 0 Å². The van der Waals surface area contributed by atoms with E-state index < -0.39 is 0 Å². The highest BCUT2D eigenvalue weighted by Gasteiger charge is 2.26. The molecule has 2 aromatic rings. The first-order chi connectivity index (χ1) is 11.1. The summed E-state index contributed by atoms with van der Waals surface area (Å²) in [4.78, 5) is 14.6. The summed E-state index contributed by atoms with van der Waals surface area (Å²) in [5.41, 5.74) is 2.28. The molecule has 0 N–H and O–H groups in total. The van der Waals surface area contributed by atoms with Crippen molar-refractivity contribution >= 4 is 5.91 Å². The van der Waals surface area contributed by atoms with Crippen LogP contribution in [0.25, 0.3) is 0 Å². The second-order valence-corrected chi connectivity index (χ2v) is 6.18. The average molecular weight is 313 g/mol. The van der Waals surface area contributed by atoms with Gasteiger partial charge in [-0.1, -0.05) is 18.2 Å². The molecule has 0 fully saturated rings. The van der Waals surface area contributed by atoms with Crippen molar-refractivity contribution < 1.29 is 9.53 Å². The molecule has 0 spiro atoms. The minimum Gasteiger partial charge on any atom is -0.493 e. The van der Waals surface area contributed by atoms with Crippen molar-refractivity contribution in [3.63, 3.8) is 0 Å². The molecule has 0 saturated heterocycles. The Morgan fingerprint density at radius 2 is 2.26 bits per heavy atom.